The largest absolute Gasteiger partial charge is 0.385 e. The maximum atomic E-state index is 5.17. The lowest BCUT2D eigenvalue weighted by atomic mass is 10.2. The molecular formula is C10H23NS2. The molecule has 2 N–H and O–H groups in total. The molecule has 0 radical (unpaired) electrons. The van der Waals surface area contributed by atoms with E-state index in [0.717, 1.165) is 12.2 Å². The van der Waals surface area contributed by atoms with Crippen molar-refractivity contribution in [2.45, 2.75) is 52.9 Å². The summed E-state index contributed by atoms with van der Waals surface area (Å²) in [5, 5.41) is 0. The second-order valence-electron chi connectivity index (χ2n) is 2.87. The predicted octanol–water partition coefficient (Wildman–Crippen LogP) is 3.96. The van der Waals surface area contributed by atoms with Crippen molar-refractivity contribution in [3.8, 4) is 0 Å². The second kappa shape index (κ2) is 14.7. The van der Waals surface area contributed by atoms with E-state index in [2.05, 4.69) is 33.0 Å². The zero-order valence-corrected chi connectivity index (χ0v) is 10.8. The fourth-order valence-electron chi connectivity index (χ4n) is 0.703. The van der Waals surface area contributed by atoms with E-state index in [1.165, 1.54) is 25.7 Å². The number of thioether (sulfide) groups is 1. The number of unbranched alkanes of at least 4 members (excludes halogenated alkanes) is 3. The van der Waals surface area contributed by atoms with Crippen LogP contribution in [0.2, 0.25) is 0 Å². The molecule has 0 heterocycles. The Bertz CT molecular complexity index is 101. The first kappa shape index (κ1) is 15.7. The van der Waals surface area contributed by atoms with Gasteiger partial charge in [-0.1, -0.05) is 70.4 Å². The standard InChI is InChI=1S/C6H14.C4H9NS2/c1-3-5-6-4-2;1-2-3-7-4(5)6/h3-6H2,1-2H3;2-3H2,1H3,(H2,5,6). The third kappa shape index (κ3) is 24.5. The minimum atomic E-state index is 0.557. The van der Waals surface area contributed by atoms with E-state index in [1.807, 2.05) is 0 Å². The molecule has 1 nitrogen and oxygen atoms in total. The van der Waals surface area contributed by atoms with Crippen LogP contribution < -0.4 is 5.73 Å². The van der Waals surface area contributed by atoms with E-state index in [-0.39, 0.29) is 0 Å². The molecule has 0 aromatic heterocycles. The van der Waals surface area contributed by atoms with Crippen molar-refractivity contribution in [2.24, 2.45) is 5.73 Å². The Balaban J connectivity index is 0. The maximum absolute atomic E-state index is 5.17. The van der Waals surface area contributed by atoms with Crippen LogP contribution in [0.5, 0.6) is 0 Å². The van der Waals surface area contributed by atoms with Gasteiger partial charge in [-0.2, -0.15) is 0 Å². The molecule has 0 aliphatic rings. The lowest BCUT2D eigenvalue weighted by molar-refractivity contribution is 0.702. The summed E-state index contributed by atoms with van der Waals surface area (Å²) in [5.41, 5.74) is 5.17. The van der Waals surface area contributed by atoms with Gasteiger partial charge in [-0.25, -0.2) is 0 Å². The fraction of sp³-hybridized carbons (Fsp3) is 0.900. The van der Waals surface area contributed by atoms with Crippen LogP contribution in [-0.4, -0.2) is 10.1 Å². The third-order valence-corrected chi connectivity index (χ3v) is 2.66. The summed E-state index contributed by atoms with van der Waals surface area (Å²) in [6.45, 7) is 6.57. The van der Waals surface area contributed by atoms with Crippen molar-refractivity contribution >= 4 is 28.3 Å². The molecule has 0 atom stereocenters. The molecule has 0 fully saturated rings. The van der Waals surface area contributed by atoms with Gasteiger partial charge in [-0.3, -0.25) is 0 Å². The van der Waals surface area contributed by atoms with Gasteiger partial charge in [0, 0.05) is 0 Å². The monoisotopic (exact) mass is 221 g/mol. The lowest BCUT2D eigenvalue weighted by Crippen LogP contribution is -2.01. The maximum Gasteiger partial charge on any atom is 0.131 e. The highest BCUT2D eigenvalue weighted by molar-refractivity contribution is 8.22. The minimum absolute atomic E-state index is 0.557. The van der Waals surface area contributed by atoms with Gasteiger partial charge >= 0.3 is 0 Å². The van der Waals surface area contributed by atoms with Gasteiger partial charge < -0.3 is 5.73 Å². The highest BCUT2D eigenvalue weighted by Gasteiger charge is 1.84. The van der Waals surface area contributed by atoms with E-state index in [0.29, 0.717) is 4.32 Å². The molecule has 0 aromatic rings. The number of rotatable bonds is 5. The van der Waals surface area contributed by atoms with Crippen LogP contribution in [0.1, 0.15) is 52.9 Å². The molecule has 0 saturated carbocycles. The Kier molecular flexibility index (Phi) is 17.8. The van der Waals surface area contributed by atoms with Gasteiger partial charge in [-0.15, -0.1) is 0 Å². The van der Waals surface area contributed by atoms with E-state index in [1.54, 1.807) is 11.8 Å². The smallest absolute Gasteiger partial charge is 0.131 e. The van der Waals surface area contributed by atoms with Gasteiger partial charge in [0.15, 0.2) is 0 Å². The summed E-state index contributed by atoms with van der Waals surface area (Å²) in [6, 6.07) is 0. The fourth-order valence-corrected chi connectivity index (χ4v) is 1.36. The average Bonchev–Trinajstić information content (AvgIpc) is 2.12. The van der Waals surface area contributed by atoms with Gasteiger partial charge in [-0.05, 0) is 12.2 Å². The van der Waals surface area contributed by atoms with Gasteiger partial charge in [0.1, 0.15) is 4.32 Å². The Hall–Kier alpha value is 0.240. The molecule has 0 saturated heterocycles. The van der Waals surface area contributed by atoms with Crippen molar-refractivity contribution in [3.05, 3.63) is 0 Å². The summed E-state index contributed by atoms with van der Waals surface area (Å²) >= 11 is 6.14. The minimum Gasteiger partial charge on any atom is -0.385 e. The molecule has 80 valence electrons. The Labute approximate surface area is 92.9 Å². The van der Waals surface area contributed by atoms with Gasteiger partial charge in [0.25, 0.3) is 0 Å². The summed E-state index contributed by atoms with van der Waals surface area (Å²) in [7, 11) is 0. The summed E-state index contributed by atoms with van der Waals surface area (Å²) < 4.78 is 0.557. The topological polar surface area (TPSA) is 26.0 Å². The zero-order valence-electron chi connectivity index (χ0n) is 9.14. The molecule has 13 heavy (non-hydrogen) atoms. The van der Waals surface area contributed by atoms with Crippen LogP contribution in [0, 0.1) is 0 Å². The number of hydrogen-bond acceptors (Lipinski definition) is 2. The summed E-state index contributed by atoms with van der Waals surface area (Å²) in [5.74, 6) is 1.05. The molecule has 0 rings (SSSR count). The molecule has 0 bridgehead atoms. The normalized spacial score (nSPS) is 8.85. The van der Waals surface area contributed by atoms with Crippen LogP contribution in [-0.2, 0) is 0 Å². The zero-order chi connectivity index (χ0) is 10.5. The first-order valence-electron chi connectivity index (χ1n) is 5.11. The van der Waals surface area contributed by atoms with Crippen LogP contribution >= 0.6 is 24.0 Å². The highest BCUT2D eigenvalue weighted by Crippen LogP contribution is 1.99. The Morgan fingerprint density at radius 2 is 1.54 bits per heavy atom. The van der Waals surface area contributed by atoms with E-state index in [9.17, 15) is 0 Å². The quantitative estimate of drug-likeness (QED) is 0.562. The molecule has 0 aromatic carbocycles. The summed E-state index contributed by atoms with van der Waals surface area (Å²) in [6.07, 6.45) is 6.68. The van der Waals surface area contributed by atoms with Crippen LogP contribution in [0.25, 0.3) is 0 Å². The van der Waals surface area contributed by atoms with Crippen molar-refractivity contribution in [2.75, 3.05) is 5.75 Å². The van der Waals surface area contributed by atoms with Gasteiger partial charge in [0.05, 0.1) is 0 Å². The molecule has 0 unspecified atom stereocenters. The van der Waals surface area contributed by atoms with Crippen LogP contribution in [0.3, 0.4) is 0 Å². The number of thiocarbonyl (C=S) groups is 1. The third-order valence-electron chi connectivity index (χ3n) is 1.41. The average molecular weight is 221 g/mol. The Morgan fingerprint density at radius 1 is 1.08 bits per heavy atom. The van der Waals surface area contributed by atoms with E-state index < -0.39 is 0 Å². The molecule has 0 aliphatic carbocycles. The van der Waals surface area contributed by atoms with Gasteiger partial charge in [0.2, 0.25) is 0 Å². The lowest BCUT2D eigenvalue weighted by Gasteiger charge is -1.90. The van der Waals surface area contributed by atoms with E-state index >= 15 is 0 Å². The first-order valence-corrected chi connectivity index (χ1v) is 6.50. The molecule has 0 amide bonds. The van der Waals surface area contributed by atoms with Crippen molar-refractivity contribution in [3.63, 3.8) is 0 Å². The van der Waals surface area contributed by atoms with Crippen LogP contribution in [0.4, 0.5) is 0 Å². The predicted molar refractivity (Wildman–Crippen MR) is 69.4 cm³/mol. The van der Waals surface area contributed by atoms with Crippen LogP contribution in [0.15, 0.2) is 0 Å². The number of hydrogen-bond donors (Lipinski definition) is 1. The summed E-state index contributed by atoms with van der Waals surface area (Å²) in [4.78, 5) is 0. The SMILES string of the molecule is CCCCCC.CCCSC(N)=S. The molecule has 0 spiro atoms. The molecular weight excluding hydrogens is 198 g/mol. The highest BCUT2D eigenvalue weighted by atomic mass is 32.2. The molecule has 3 heteroatoms. The van der Waals surface area contributed by atoms with E-state index in [4.69, 9.17) is 5.73 Å². The Morgan fingerprint density at radius 3 is 1.69 bits per heavy atom. The first-order chi connectivity index (χ1) is 6.18. The van der Waals surface area contributed by atoms with Crippen molar-refractivity contribution in [1.82, 2.24) is 0 Å². The molecule has 0 aliphatic heterocycles. The second-order valence-corrected chi connectivity index (χ2v) is 4.71. The van der Waals surface area contributed by atoms with Crippen molar-refractivity contribution in [1.29, 1.82) is 0 Å². The number of nitrogens with two attached hydrogens (primary N) is 1. The van der Waals surface area contributed by atoms with Crippen molar-refractivity contribution < 1.29 is 0 Å².